The molecule has 0 saturated carbocycles. The first-order valence-corrected chi connectivity index (χ1v) is 15.9. The van der Waals surface area contributed by atoms with Crippen LogP contribution in [-0.2, 0) is 0 Å². The summed E-state index contributed by atoms with van der Waals surface area (Å²) in [7, 11) is 0. The van der Waals surface area contributed by atoms with Crippen molar-refractivity contribution in [2.75, 3.05) is 23.7 Å². The largest absolute Gasteiger partial charge is 0.573 e. The molecule has 1 atom stereocenters. The van der Waals surface area contributed by atoms with Crippen LogP contribution in [0.1, 0.15) is 56.6 Å². The highest BCUT2D eigenvalue weighted by molar-refractivity contribution is 8.14. The molecular weight excluding hydrogens is 620 g/mol. The molecule has 0 aliphatic carbocycles. The van der Waals surface area contributed by atoms with Gasteiger partial charge in [-0.2, -0.15) is 4.99 Å². The average Bonchev–Trinajstić information content (AvgIpc) is 3.69. The molecule has 1 aromatic heterocycles. The molecule has 0 radical (unpaired) electrons. The number of ether oxygens (including phenoxy) is 1. The van der Waals surface area contributed by atoms with E-state index in [-0.39, 0.29) is 23.4 Å². The molecule has 2 heterocycles. The topological polar surface area (TPSA) is 84.6 Å². The highest BCUT2D eigenvalue weighted by Gasteiger charge is 2.31. The van der Waals surface area contributed by atoms with Crippen molar-refractivity contribution in [3.05, 3.63) is 90.0 Å². The van der Waals surface area contributed by atoms with Crippen LogP contribution < -0.4 is 15.0 Å². The van der Waals surface area contributed by atoms with Crippen molar-refractivity contribution in [1.82, 2.24) is 20.1 Å². The number of thioether (sulfide) groups is 1. The summed E-state index contributed by atoms with van der Waals surface area (Å²) in [6.07, 6.45) is -1.63. The van der Waals surface area contributed by atoms with Crippen LogP contribution in [-0.4, -0.2) is 51.2 Å². The molecule has 1 aliphatic rings. The number of amides is 2. The number of hydrogen-bond donors (Lipinski definition) is 1. The average molecular weight is 655 g/mol. The van der Waals surface area contributed by atoms with E-state index in [1.165, 1.54) is 53.1 Å². The maximum absolute atomic E-state index is 13.9. The first-order valence-electron chi connectivity index (χ1n) is 14.9. The monoisotopic (exact) mass is 654 g/mol. The minimum atomic E-state index is -4.75. The Morgan fingerprint density at radius 2 is 1.80 bits per heavy atom. The molecule has 1 fully saturated rings. The Hall–Kier alpha value is -4.39. The van der Waals surface area contributed by atoms with Crippen LogP contribution in [0.25, 0.3) is 17.1 Å². The van der Waals surface area contributed by atoms with Crippen LogP contribution in [0.2, 0.25) is 0 Å². The van der Waals surface area contributed by atoms with Crippen molar-refractivity contribution in [2.24, 2.45) is 4.99 Å². The second-order valence-electron chi connectivity index (χ2n) is 11.2. The zero-order valence-corrected chi connectivity index (χ0v) is 26.4. The summed E-state index contributed by atoms with van der Waals surface area (Å²) in [5.74, 6) is 1.07. The highest BCUT2D eigenvalue weighted by Crippen LogP contribution is 2.33. The van der Waals surface area contributed by atoms with Gasteiger partial charge in [0.25, 0.3) is 0 Å². The van der Waals surface area contributed by atoms with E-state index in [4.69, 9.17) is 0 Å². The van der Waals surface area contributed by atoms with Crippen LogP contribution in [0, 0.1) is 5.82 Å². The summed E-state index contributed by atoms with van der Waals surface area (Å²) in [4.78, 5) is 23.3. The number of amidine groups is 1. The van der Waals surface area contributed by atoms with Crippen molar-refractivity contribution in [1.29, 1.82) is 0 Å². The zero-order chi connectivity index (χ0) is 32.8. The summed E-state index contributed by atoms with van der Waals surface area (Å²) >= 11 is 1.51. The SMILES string of the molecule is CC(C)c1cc(F)ccc1N1CCSC1=NC(=O)NCCCC(C)c1ccc(-c2ncn(-c3ccc(OC(F)(F)F)cc3)n2)cc1. The third-order valence-corrected chi connectivity index (χ3v) is 8.49. The number of aliphatic imine (C=N–C) groups is 1. The number of aromatic nitrogens is 3. The van der Waals surface area contributed by atoms with Gasteiger partial charge in [0.2, 0.25) is 0 Å². The first kappa shape index (κ1) is 33.0. The van der Waals surface area contributed by atoms with Gasteiger partial charge in [-0.05, 0) is 78.3 Å². The fraction of sp³-hybridized carbons (Fsp3) is 0.333. The number of anilines is 1. The number of carbonyl (C=O) groups excluding carboxylic acids is 1. The Bertz CT molecular complexity index is 1670. The molecule has 0 spiro atoms. The van der Waals surface area contributed by atoms with Crippen molar-refractivity contribution in [3.8, 4) is 22.8 Å². The Kier molecular flexibility index (Phi) is 10.3. The van der Waals surface area contributed by atoms with Crippen molar-refractivity contribution in [2.45, 2.75) is 51.8 Å². The predicted octanol–water partition coefficient (Wildman–Crippen LogP) is 8.30. The number of benzene rings is 3. The minimum Gasteiger partial charge on any atom is -0.406 e. The van der Waals surface area contributed by atoms with Gasteiger partial charge in [0.05, 0.1) is 5.69 Å². The normalized spacial score (nSPS) is 15.0. The minimum absolute atomic E-state index is 0.129. The lowest BCUT2D eigenvalue weighted by atomic mass is 9.95. The van der Waals surface area contributed by atoms with Crippen molar-refractivity contribution >= 4 is 28.6 Å². The molecule has 1 saturated heterocycles. The third kappa shape index (κ3) is 8.45. The number of nitrogens with zero attached hydrogens (tertiary/aromatic N) is 5. The van der Waals surface area contributed by atoms with Gasteiger partial charge in [-0.3, -0.25) is 0 Å². The van der Waals surface area contributed by atoms with Gasteiger partial charge >= 0.3 is 12.4 Å². The summed E-state index contributed by atoms with van der Waals surface area (Å²) < 4.78 is 56.5. The Balaban J connectivity index is 1.10. The van der Waals surface area contributed by atoms with E-state index in [1.807, 2.05) is 43.0 Å². The summed E-state index contributed by atoms with van der Waals surface area (Å²) in [5.41, 5.74) is 4.25. The number of urea groups is 1. The van der Waals surface area contributed by atoms with E-state index in [0.717, 1.165) is 41.0 Å². The molecule has 0 bridgehead atoms. The Labute approximate surface area is 268 Å². The molecule has 8 nitrogen and oxygen atoms in total. The van der Waals surface area contributed by atoms with Crippen LogP contribution >= 0.6 is 11.8 Å². The Morgan fingerprint density at radius 3 is 2.50 bits per heavy atom. The molecular formula is C33H34F4N6O2S. The van der Waals surface area contributed by atoms with Gasteiger partial charge < -0.3 is 15.0 Å². The van der Waals surface area contributed by atoms with Gasteiger partial charge in [0.15, 0.2) is 11.0 Å². The van der Waals surface area contributed by atoms with Gasteiger partial charge in [0.1, 0.15) is 17.9 Å². The molecule has 1 unspecified atom stereocenters. The number of hydrogen-bond acceptors (Lipinski definition) is 5. The molecule has 1 N–H and O–H groups in total. The molecule has 1 aliphatic heterocycles. The quantitative estimate of drug-likeness (QED) is 0.137. The van der Waals surface area contributed by atoms with E-state index < -0.39 is 12.4 Å². The van der Waals surface area contributed by atoms with Crippen LogP contribution in [0.5, 0.6) is 5.75 Å². The van der Waals surface area contributed by atoms with Gasteiger partial charge in [-0.25, -0.2) is 18.9 Å². The second-order valence-corrected chi connectivity index (χ2v) is 12.3. The number of carbonyl (C=O) groups is 1. The number of halogens is 4. The lowest BCUT2D eigenvalue weighted by molar-refractivity contribution is -0.274. The van der Waals surface area contributed by atoms with E-state index in [9.17, 15) is 22.4 Å². The standard InChI is InChI=1S/C33H34F4N6O2S/c1-21(2)28-19-25(34)10-15-29(28)42-17-18-46-32(42)40-31(44)38-16-4-5-22(3)23-6-8-24(9-7-23)30-39-20-43(41-30)26-11-13-27(14-12-26)45-33(35,36)37/h6-15,19-22H,4-5,16-18H2,1-3H3,(H,38,44). The van der Waals surface area contributed by atoms with Crippen LogP contribution in [0.3, 0.4) is 0 Å². The number of rotatable bonds is 10. The fourth-order valence-electron chi connectivity index (χ4n) is 5.13. The maximum Gasteiger partial charge on any atom is 0.573 e. The van der Waals surface area contributed by atoms with Crippen molar-refractivity contribution < 1.29 is 27.1 Å². The second kappa shape index (κ2) is 14.4. The smallest absolute Gasteiger partial charge is 0.406 e. The fourth-order valence-corrected chi connectivity index (χ4v) is 6.08. The Morgan fingerprint density at radius 1 is 1.07 bits per heavy atom. The molecule has 3 aromatic carbocycles. The lowest BCUT2D eigenvalue weighted by Gasteiger charge is -2.23. The summed E-state index contributed by atoms with van der Waals surface area (Å²) in [5, 5.41) is 7.96. The molecule has 4 aromatic rings. The molecule has 242 valence electrons. The number of alkyl halides is 3. The van der Waals surface area contributed by atoms with Gasteiger partial charge in [0, 0.05) is 30.1 Å². The maximum atomic E-state index is 13.9. The predicted molar refractivity (Wildman–Crippen MR) is 172 cm³/mol. The van der Waals surface area contributed by atoms with Gasteiger partial charge in [-0.1, -0.05) is 56.8 Å². The molecule has 46 heavy (non-hydrogen) atoms. The van der Waals surface area contributed by atoms with Crippen LogP contribution in [0.4, 0.5) is 28.0 Å². The highest BCUT2D eigenvalue weighted by atomic mass is 32.2. The number of nitrogens with one attached hydrogen (secondary N) is 1. The summed E-state index contributed by atoms with van der Waals surface area (Å²) in [6.45, 7) is 7.34. The van der Waals surface area contributed by atoms with E-state index in [2.05, 4.69) is 32.1 Å². The lowest BCUT2D eigenvalue weighted by Crippen LogP contribution is -2.29. The molecule has 13 heteroatoms. The van der Waals surface area contributed by atoms with Crippen molar-refractivity contribution in [3.63, 3.8) is 0 Å². The van der Waals surface area contributed by atoms with E-state index >= 15 is 0 Å². The van der Waals surface area contributed by atoms with E-state index in [0.29, 0.717) is 29.8 Å². The van der Waals surface area contributed by atoms with Gasteiger partial charge in [-0.15, -0.1) is 18.3 Å². The van der Waals surface area contributed by atoms with E-state index in [1.54, 1.807) is 12.1 Å². The first-order chi connectivity index (χ1) is 22.0. The zero-order valence-electron chi connectivity index (χ0n) is 25.6. The summed E-state index contributed by atoms with van der Waals surface area (Å²) in [6, 6.07) is 17.6. The third-order valence-electron chi connectivity index (χ3n) is 7.53. The van der Waals surface area contributed by atoms with Crippen LogP contribution in [0.15, 0.2) is 78.0 Å². The molecule has 5 rings (SSSR count). The molecule has 2 amide bonds.